The van der Waals surface area contributed by atoms with Crippen molar-refractivity contribution >= 4 is 46.2 Å². The van der Waals surface area contributed by atoms with Gasteiger partial charge in [0, 0.05) is 14.9 Å². The maximum Gasteiger partial charge on any atom is 0.270 e. The lowest BCUT2D eigenvalue weighted by atomic mass is 9.95. The molecule has 8 heteroatoms. The van der Waals surface area contributed by atoms with Crippen molar-refractivity contribution in [3.63, 3.8) is 0 Å². The molecule has 3 aromatic rings. The molecular weight excluding hydrogens is 547 g/mol. The minimum Gasteiger partial charge on any atom is -0.350 e. The maximum absolute atomic E-state index is 13.2. The van der Waals surface area contributed by atoms with E-state index in [1.807, 2.05) is 41.8 Å². The Bertz CT molecular complexity index is 1210. The number of hydrogen-bond acceptors (Lipinski definition) is 4. The van der Waals surface area contributed by atoms with E-state index in [1.165, 1.54) is 0 Å². The quantitative estimate of drug-likeness (QED) is 0.419. The van der Waals surface area contributed by atoms with Crippen molar-refractivity contribution in [3.05, 3.63) is 80.7 Å². The number of nitrogens with one attached hydrogen (secondary N) is 2. The molecule has 0 bridgehead atoms. The lowest BCUT2D eigenvalue weighted by Gasteiger charge is -2.28. The molecular formula is C25H27IN4O2S. The first-order chi connectivity index (χ1) is 15.7. The van der Waals surface area contributed by atoms with E-state index >= 15 is 0 Å². The molecule has 2 heterocycles. The van der Waals surface area contributed by atoms with Gasteiger partial charge in [0.15, 0.2) is 5.16 Å². The van der Waals surface area contributed by atoms with Crippen molar-refractivity contribution < 1.29 is 9.59 Å². The summed E-state index contributed by atoms with van der Waals surface area (Å²) in [4.78, 5) is 30.3. The molecule has 2 atom stereocenters. The highest BCUT2D eigenvalue weighted by atomic mass is 127. The van der Waals surface area contributed by atoms with Gasteiger partial charge in [-0.3, -0.25) is 9.59 Å². The Morgan fingerprint density at radius 1 is 1.21 bits per heavy atom. The molecule has 1 aromatic heterocycles. The molecule has 0 aliphatic carbocycles. The molecule has 4 rings (SSSR count). The van der Waals surface area contributed by atoms with Crippen LogP contribution in [0.3, 0.4) is 0 Å². The highest BCUT2D eigenvalue weighted by Crippen LogP contribution is 2.51. The van der Waals surface area contributed by atoms with Crippen LogP contribution in [0.1, 0.15) is 54.0 Å². The van der Waals surface area contributed by atoms with Gasteiger partial charge in [-0.1, -0.05) is 53.7 Å². The largest absolute Gasteiger partial charge is 0.350 e. The van der Waals surface area contributed by atoms with Gasteiger partial charge < -0.3 is 15.2 Å². The van der Waals surface area contributed by atoms with Crippen LogP contribution in [0.15, 0.2) is 59.9 Å². The van der Waals surface area contributed by atoms with Crippen LogP contribution in [0.5, 0.6) is 0 Å². The number of aromatic nitrogens is 2. The Labute approximate surface area is 212 Å². The number of carbonyl (C=O) groups is 2. The molecule has 0 saturated heterocycles. The van der Waals surface area contributed by atoms with Crippen LogP contribution in [0, 0.1) is 10.5 Å². The van der Waals surface area contributed by atoms with Gasteiger partial charge in [-0.25, -0.2) is 4.98 Å². The van der Waals surface area contributed by atoms with E-state index < -0.39 is 6.04 Å². The molecule has 0 radical (unpaired) electrons. The second-order valence-corrected chi connectivity index (χ2v) is 11.7. The number of thioether (sulfide) groups is 1. The second-order valence-electron chi connectivity index (χ2n) is 8.86. The fraction of sp³-hybridized carbons (Fsp3) is 0.320. The number of hydrogen-bond donors (Lipinski definition) is 2. The molecule has 6 nitrogen and oxygen atoms in total. The van der Waals surface area contributed by atoms with E-state index in [9.17, 15) is 9.59 Å². The van der Waals surface area contributed by atoms with Crippen molar-refractivity contribution in [3.8, 4) is 0 Å². The van der Waals surface area contributed by atoms with Crippen LogP contribution < -0.4 is 10.6 Å². The molecule has 0 spiro atoms. The highest BCUT2D eigenvalue weighted by molar-refractivity contribution is 14.1. The monoisotopic (exact) mass is 574 g/mol. The van der Waals surface area contributed by atoms with Crippen molar-refractivity contribution in [2.24, 2.45) is 0 Å². The maximum atomic E-state index is 13.2. The molecule has 2 unspecified atom stereocenters. The minimum atomic E-state index is -0.674. The Morgan fingerprint density at radius 3 is 2.70 bits per heavy atom. The third-order valence-electron chi connectivity index (χ3n) is 5.72. The minimum absolute atomic E-state index is 0.0408. The molecule has 0 fully saturated rings. The lowest BCUT2D eigenvalue weighted by Crippen LogP contribution is -2.45. The summed E-state index contributed by atoms with van der Waals surface area (Å²) in [6.45, 7) is 8.46. The summed E-state index contributed by atoms with van der Waals surface area (Å²) in [5, 5.41) is 6.56. The van der Waals surface area contributed by atoms with E-state index in [4.69, 9.17) is 0 Å². The van der Waals surface area contributed by atoms with E-state index in [-0.39, 0.29) is 22.6 Å². The van der Waals surface area contributed by atoms with Gasteiger partial charge in [0.05, 0.1) is 12.2 Å². The van der Waals surface area contributed by atoms with Crippen LogP contribution in [-0.4, -0.2) is 32.2 Å². The zero-order valence-electron chi connectivity index (χ0n) is 19.1. The number of nitrogens with zero attached hydrogens (tertiary/aromatic N) is 2. The summed E-state index contributed by atoms with van der Waals surface area (Å²) < 4.78 is 2.98. The number of fused-ring (bicyclic) bond motifs is 1. The van der Waals surface area contributed by atoms with E-state index in [0.717, 1.165) is 25.4 Å². The Balaban J connectivity index is 1.49. The Kier molecular flexibility index (Phi) is 6.86. The zero-order valence-corrected chi connectivity index (χ0v) is 22.0. The van der Waals surface area contributed by atoms with Gasteiger partial charge in [-0.2, -0.15) is 0 Å². The fourth-order valence-corrected chi connectivity index (χ4v) is 5.96. The second kappa shape index (κ2) is 9.50. The predicted octanol–water partition coefficient (Wildman–Crippen LogP) is 4.70. The van der Waals surface area contributed by atoms with Crippen LogP contribution in [-0.2, 0) is 11.3 Å². The van der Waals surface area contributed by atoms with Gasteiger partial charge in [-0.05, 0) is 73.5 Å². The third kappa shape index (κ3) is 5.11. The van der Waals surface area contributed by atoms with Crippen LogP contribution in [0.4, 0.5) is 0 Å². The number of aryl methyl sites for hydroxylation is 1. The molecule has 1 aliphatic heterocycles. The summed E-state index contributed by atoms with van der Waals surface area (Å²) in [5.41, 5.74) is 3.76. The smallest absolute Gasteiger partial charge is 0.270 e. The van der Waals surface area contributed by atoms with Gasteiger partial charge in [-0.15, -0.1) is 0 Å². The van der Waals surface area contributed by atoms with E-state index in [1.54, 1.807) is 24.9 Å². The van der Waals surface area contributed by atoms with Gasteiger partial charge in [0.2, 0.25) is 5.91 Å². The number of imidazole rings is 1. The summed E-state index contributed by atoms with van der Waals surface area (Å²) in [7, 11) is 0. The van der Waals surface area contributed by atoms with Crippen molar-refractivity contribution in [1.82, 2.24) is 20.2 Å². The number of amides is 2. The van der Waals surface area contributed by atoms with Gasteiger partial charge in [0.1, 0.15) is 11.7 Å². The topological polar surface area (TPSA) is 76.0 Å². The summed E-state index contributed by atoms with van der Waals surface area (Å²) in [6, 6.07) is 15.6. The van der Waals surface area contributed by atoms with Crippen LogP contribution in [0.25, 0.3) is 0 Å². The third-order valence-corrected chi connectivity index (χ3v) is 7.63. The van der Waals surface area contributed by atoms with Crippen LogP contribution in [0.2, 0.25) is 0 Å². The molecule has 33 heavy (non-hydrogen) atoms. The van der Waals surface area contributed by atoms with Crippen LogP contribution >= 0.6 is 34.4 Å². The predicted molar refractivity (Wildman–Crippen MR) is 139 cm³/mol. The highest BCUT2D eigenvalue weighted by Gasteiger charge is 2.44. The fourth-order valence-electron chi connectivity index (χ4n) is 4.17. The molecule has 172 valence electrons. The molecule has 0 saturated carbocycles. The average Bonchev–Trinajstić information content (AvgIpc) is 3.25. The number of carbonyl (C=O) groups excluding carboxylic acids is 2. The lowest BCUT2D eigenvalue weighted by molar-refractivity contribution is -0.122. The van der Waals surface area contributed by atoms with Crippen molar-refractivity contribution in [1.29, 1.82) is 0 Å². The Morgan fingerprint density at radius 2 is 1.97 bits per heavy atom. The summed E-state index contributed by atoms with van der Waals surface area (Å²) in [6.07, 6.45) is 1.60. The summed E-state index contributed by atoms with van der Waals surface area (Å²) in [5.74, 6) is -0.532. The summed E-state index contributed by atoms with van der Waals surface area (Å²) >= 11 is 3.97. The van der Waals surface area contributed by atoms with Gasteiger partial charge >= 0.3 is 0 Å². The van der Waals surface area contributed by atoms with Crippen molar-refractivity contribution in [2.75, 3.05) is 0 Å². The average molecular weight is 574 g/mol. The number of rotatable bonds is 6. The SMILES string of the molecule is Cc1cccc(CNC(=O)C(C)NC(=O)c2cnc3n2C(c2cccc(I)c2)C(C)(C)S3)c1. The molecule has 2 aromatic carbocycles. The molecule has 1 aliphatic rings. The normalized spacial score (nSPS) is 17.3. The standard InChI is InChI=1S/C25H27IN4O2S/c1-15-7-5-8-17(11-15)13-27-22(31)16(2)29-23(32)20-14-28-24-30(20)21(25(3,4)33-24)18-9-6-10-19(26)12-18/h5-12,14,16,21H,13H2,1-4H3,(H,27,31)(H,29,32). The zero-order chi connectivity index (χ0) is 23.8. The molecule has 2 amide bonds. The number of benzene rings is 2. The first-order valence-corrected chi connectivity index (χ1v) is 12.7. The van der Waals surface area contributed by atoms with Crippen molar-refractivity contribution in [2.45, 2.75) is 56.2 Å². The van der Waals surface area contributed by atoms with Gasteiger partial charge in [0.25, 0.3) is 5.91 Å². The van der Waals surface area contributed by atoms with E-state index in [0.29, 0.717) is 12.2 Å². The first kappa shape index (κ1) is 23.8. The Hall–Kier alpha value is -2.33. The first-order valence-electron chi connectivity index (χ1n) is 10.8. The molecule has 2 N–H and O–H groups in total. The number of halogens is 1. The van der Waals surface area contributed by atoms with E-state index in [2.05, 4.69) is 70.3 Å².